The van der Waals surface area contributed by atoms with Crippen LogP contribution in [0.25, 0.3) is 0 Å². The predicted octanol–water partition coefficient (Wildman–Crippen LogP) is 3.09. The first-order chi connectivity index (χ1) is 11.7. The van der Waals surface area contributed by atoms with E-state index in [0.29, 0.717) is 37.7 Å². The Morgan fingerprint density at radius 1 is 1.38 bits per heavy atom. The lowest BCUT2D eigenvalue weighted by Gasteiger charge is -2.33. The molecule has 0 saturated carbocycles. The molecule has 2 heterocycles. The van der Waals surface area contributed by atoms with E-state index in [0.717, 1.165) is 17.8 Å². The molecule has 2 aromatic rings. The van der Waals surface area contributed by atoms with Crippen LogP contribution in [-0.4, -0.2) is 40.1 Å². The maximum atomic E-state index is 12.5. The van der Waals surface area contributed by atoms with Gasteiger partial charge in [-0.2, -0.15) is 0 Å². The van der Waals surface area contributed by atoms with Crippen molar-refractivity contribution in [3.8, 4) is 0 Å². The van der Waals surface area contributed by atoms with Gasteiger partial charge in [-0.05, 0) is 17.7 Å². The lowest BCUT2D eigenvalue weighted by atomic mass is 10.1. The van der Waals surface area contributed by atoms with Crippen molar-refractivity contribution in [1.29, 1.82) is 0 Å². The summed E-state index contributed by atoms with van der Waals surface area (Å²) in [6.45, 7) is 4.53. The average Bonchev–Trinajstić information content (AvgIpc) is 3.08. The highest BCUT2D eigenvalue weighted by molar-refractivity contribution is 6.30. The van der Waals surface area contributed by atoms with E-state index in [1.54, 1.807) is 6.20 Å². The Kier molecular flexibility index (Phi) is 5.53. The molecule has 1 atom stereocenters. The third-order valence-corrected chi connectivity index (χ3v) is 4.60. The number of amides is 1. The van der Waals surface area contributed by atoms with Crippen LogP contribution in [0.5, 0.6) is 0 Å². The van der Waals surface area contributed by atoms with Gasteiger partial charge in [-0.25, -0.2) is 4.98 Å². The third kappa shape index (κ3) is 3.97. The predicted molar refractivity (Wildman–Crippen MR) is 92.9 cm³/mol. The first kappa shape index (κ1) is 17.0. The van der Waals surface area contributed by atoms with Gasteiger partial charge in [0.1, 0.15) is 11.9 Å². The van der Waals surface area contributed by atoms with Crippen LogP contribution >= 0.6 is 11.6 Å². The van der Waals surface area contributed by atoms with Crippen LogP contribution in [0, 0.1) is 0 Å². The van der Waals surface area contributed by atoms with E-state index in [2.05, 4.69) is 16.5 Å². The number of carbonyl (C=O) groups excluding carboxylic acids is 1. The molecule has 0 aliphatic carbocycles. The molecule has 128 valence electrons. The van der Waals surface area contributed by atoms with Crippen molar-refractivity contribution < 1.29 is 9.53 Å². The van der Waals surface area contributed by atoms with Gasteiger partial charge in [-0.1, -0.05) is 30.7 Å². The summed E-state index contributed by atoms with van der Waals surface area (Å²) in [5.41, 5.74) is 1.06. The highest BCUT2D eigenvalue weighted by atomic mass is 35.5. The van der Waals surface area contributed by atoms with E-state index < -0.39 is 0 Å². The second-order valence-corrected chi connectivity index (χ2v) is 6.33. The van der Waals surface area contributed by atoms with Crippen LogP contribution in [0.4, 0.5) is 0 Å². The van der Waals surface area contributed by atoms with Gasteiger partial charge < -0.3 is 14.2 Å². The standard InChI is InChI=1S/C18H22ClN3O2/c1-2-17-20-8-10-21(17)9-7-18(23)22-11-12-24-16(13-22)14-3-5-15(19)6-4-14/h3-6,8,10,16H,2,7,9,11-13H2,1H3. The summed E-state index contributed by atoms with van der Waals surface area (Å²) in [4.78, 5) is 18.7. The maximum Gasteiger partial charge on any atom is 0.224 e. The summed E-state index contributed by atoms with van der Waals surface area (Å²) in [5, 5.41) is 0.703. The first-order valence-electron chi connectivity index (χ1n) is 8.32. The van der Waals surface area contributed by atoms with Crippen molar-refractivity contribution in [2.45, 2.75) is 32.4 Å². The third-order valence-electron chi connectivity index (χ3n) is 4.35. The SMILES string of the molecule is CCc1nccn1CCC(=O)N1CCOC(c2ccc(Cl)cc2)C1. The minimum Gasteiger partial charge on any atom is -0.370 e. The fraction of sp³-hybridized carbons (Fsp3) is 0.444. The number of aryl methyl sites for hydroxylation is 2. The van der Waals surface area contributed by atoms with E-state index >= 15 is 0 Å². The van der Waals surface area contributed by atoms with Crippen LogP contribution in [0.1, 0.15) is 30.8 Å². The van der Waals surface area contributed by atoms with Crippen molar-refractivity contribution in [3.05, 3.63) is 53.1 Å². The number of carbonyl (C=O) groups is 1. The molecule has 3 rings (SSSR count). The molecule has 6 heteroatoms. The topological polar surface area (TPSA) is 47.4 Å². The quantitative estimate of drug-likeness (QED) is 0.835. The van der Waals surface area contributed by atoms with Gasteiger partial charge in [0.2, 0.25) is 5.91 Å². The smallest absolute Gasteiger partial charge is 0.224 e. The molecule has 1 aliphatic heterocycles. The van der Waals surface area contributed by atoms with Gasteiger partial charge in [0.15, 0.2) is 0 Å². The average molecular weight is 348 g/mol. The molecular formula is C18H22ClN3O2. The van der Waals surface area contributed by atoms with Crippen molar-refractivity contribution in [2.75, 3.05) is 19.7 Å². The Morgan fingerprint density at radius 2 is 2.17 bits per heavy atom. The molecule has 1 saturated heterocycles. The molecule has 1 aliphatic rings. The minimum absolute atomic E-state index is 0.0839. The van der Waals surface area contributed by atoms with Crippen molar-refractivity contribution in [2.24, 2.45) is 0 Å². The van der Waals surface area contributed by atoms with Gasteiger partial charge in [-0.3, -0.25) is 4.79 Å². The molecule has 0 bridgehead atoms. The first-order valence-corrected chi connectivity index (χ1v) is 8.70. The number of benzene rings is 1. The number of imidazole rings is 1. The number of hydrogen-bond acceptors (Lipinski definition) is 3. The fourth-order valence-electron chi connectivity index (χ4n) is 2.99. The zero-order valence-corrected chi connectivity index (χ0v) is 14.6. The molecule has 0 radical (unpaired) electrons. The summed E-state index contributed by atoms with van der Waals surface area (Å²) in [5.74, 6) is 1.18. The van der Waals surface area contributed by atoms with Gasteiger partial charge in [0, 0.05) is 43.3 Å². The Labute approximate surface area is 147 Å². The fourth-order valence-corrected chi connectivity index (χ4v) is 3.11. The van der Waals surface area contributed by atoms with Gasteiger partial charge in [0.05, 0.1) is 13.2 Å². The second-order valence-electron chi connectivity index (χ2n) is 5.89. The molecule has 1 aromatic carbocycles. The van der Waals surface area contributed by atoms with E-state index in [1.807, 2.05) is 35.4 Å². The summed E-state index contributed by atoms with van der Waals surface area (Å²) in [7, 11) is 0. The number of ether oxygens (including phenoxy) is 1. The van der Waals surface area contributed by atoms with Crippen LogP contribution in [-0.2, 0) is 22.5 Å². The van der Waals surface area contributed by atoms with E-state index in [9.17, 15) is 4.79 Å². The van der Waals surface area contributed by atoms with Crippen LogP contribution < -0.4 is 0 Å². The van der Waals surface area contributed by atoms with Crippen LogP contribution in [0.3, 0.4) is 0 Å². The van der Waals surface area contributed by atoms with Crippen molar-refractivity contribution in [3.63, 3.8) is 0 Å². The minimum atomic E-state index is -0.0839. The van der Waals surface area contributed by atoms with Gasteiger partial charge in [-0.15, -0.1) is 0 Å². The summed E-state index contributed by atoms with van der Waals surface area (Å²) in [6.07, 6.45) is 4.99. The van der Waals surface area contributed by atoms with Crippen LogP contribution in [0.2, 0.25) is 5.02 Å². The van der Waals surface area contributed by atoms with Crippen LogP contribution in [0.15, 0.2) is 36.7 Å². The second kappa shape index (κ2) is 7.81. The lowest BCUT2D eigenvalue weighted by Crippen LogP contribution is -2.42. The van der Waals surface area contributed by atoms with Gasteiger partial charge in [0.25, 0.3) is 0 Å². The Morgan fingerprint density at radius 3 is 2.92 bits per heavy atom. The molecular weight excluding hydrogens is 326 g/mol. The highest BCUT2D eigenvalue weighted by Crippen LogP contribution is 2.24. The Balaban J connectivity index is 1.57. The zero-order valence-electron chi connectivity index (χ0n) is 13.8. The van der Waals surface area contributed by atoms with E-state index in [4.69, 9.17) is 16.3 Å². The van der Waals surface area contributed by atoms with Gasteiger partial charge >= 0.3 is 0 Å². The summed E-state index contributed by atoms with van der Waals surface area (Å²) >= 11 is 5.93. The normalized spacial score (nSPS) is 17.9. The number of halogens is 1. The monoisotopic (exact) mass is 347 g/mol. The molecule has 0 spiro atoms. The van der Waals surface area contributed by atoms with E-state index in [-0.39, 0.29) is 12.0 Å². The van der Waals surface area contributed by atoms with Crippen molar-refractivity contribution in [1.82, 2.24) is 14.5 Å². The number of hydrogen-bond donors (Lipinski definition) is 0. The zero-order chi connectivity index (χ0) is 16.9. The van der Waals surface area contributed by atoms with E-state index in [1.165, 1.54) is 0 Å². The number of aromatic nitrogens is 2. The number of morpholine rings is 1. The summed E-state index contributed by atoms with van der Waals surface area (Å²) < 4.78 is 7.87. The lowest BCUT2D eigenvalue weighted by molar-refractivity contribution is -0.139. The Hall–Kier alpha value is -1.85. The molecule has 5 nitrogen and oxygen atoms in total. The summed E-state index contributed by atoms with van der Waals surface area (Å²) in [6, 6.07) is 7.62. The largest absolute Gasteiger partial charge is 0.370 e. The number of nitrogens with zero attached hydrogens (tertiary/aromatic N) is 3. The van der Waals surface area contributed by atoms with Crippen molar-refractivity contribution >= 4 is 17.5 Å². The molecule has 0 N–H and O–H groups in total. The maximum absolute atomic E-state index is 12.5. The molecule has 1 aromatic heterocycles. The molecule has 1 fully saturated rings. The highest BCUT2D eigenvalue weighted by Gasteiger charge is 2.25. The molecule has 24 heavy (non-hydrogen) atoms. The molecule has 1 unspecified atom stereocenters. The Bertz CT molecular complexity index is 684. The molecule has 1 amide bonds. The number of rotatable bonds is 5.